The molecule has 0 spiro atoms. The molecule has 1 aliphatic heterocycles. The fourth-order valence-corrected chi connectivity index (χ4v) is 3.64. The van der Waals surface area contributed by atoms with Gasteiger partial charge >= 0.3 is 0 Å². The number of nitrogens with two attached hydrogens (primary N) is 1. The quantitative estimate of drug-likeness (QED) is 0.652. The van der Waals surface area contributed by atoms with Crippen molar-refractivity contribution in [2.75, 3.05) is 22.5 Å². The number of carbonyl (C=O) groups excluding carboxylic acids is 2. The number of nitrogens with zero attached hydrogens (tertiary/aromatic N) is 1. The summed E-state index contributed by atoms with van der Waals surface area (Å²) in [6, 6.07) is 21.9. The highest BCUT2D eigenvalue weighted by molar-refractivity contribution is 6.08. The Morgan fingerprint density at radius 3 is 2.45 bits per heavy atom. The lowest BCUT2D eigenvalue weighted by Crippen LogP contribution is -2.31. The van der Waals surface area contributed by atoms with E-state index in [0.717, 1.165) is 24.9 Å². The normalized spacial score (nSPS) is 13.3. The van der Waals surface area contributed by atoms with Gasteiger partial charge in [0, 0.05) is 34.7 Å². The van der Waals surface area contributed by atoms with Gasteiger partial charge in [-0.25, -0.2) is 0 Å². The van der Waals surface area contributed by atoms with Crippen molar-refractivity contribution in [2.24, 2.45) is 0 Å². The Kier molecular flexibility index (Phi) is 5.29. The first-order chi connectivity index (χ1) is 14.1. The van der Waals surface area contributed by atoms with E-state index in [-0.39, 0.29) is 11.8 Å². The van der Waals surface area contributed by atoms with Gasteiger partial charge in [0.2, 0.25) is 0 Å². The molecular formula is C24H23N3O2. The molecule has 4 rings (SSSR count). The average molecular weight is 385 g/mol. The third kappa shape index (κ3) is 4.14. The van der Waals surface area contributed by atoms with E-state index in [9.17, 15) is 9.59 Å². The molecule has 29 heavy (non-hydrogen) atoms. The Balaban J connectivity index is 1.51. The summed E-state index contributed by atoms with van der Waals surface area (Å²) in [5.74, 6) is -0.258. The first-order valence-corrected chi connectivity index (χ1v) is 9.78. The Morgan fingerprint density at radius 1 is 0.862 bits per heavy atom. The summed E-state index contributed by atoms with van der Waals surface area (Å²) in [5.41, 5.74) is 10.2. The summed E-state index contributed by atoms with van der Waals surface area (Å²) in [5, 5.41) is 2.84. The zero-order valence-corrected chi connectivity index (χ0v) is 16.1. The summed E-state index contributed by atoms with van der Waals surface area (Å²) in [6.45, 7) is 0.712. The highest BCUT2D eigenvalue weighted by Crippen LogP contribution is 2.27. The number of carbonyl (C=O) groups is 2. The first-order valence-electron chi connectivity index (χ1n) is 9.78. The summed E-state index contributed by atoms with van der Waals surface area (Å²) in [4.78, 5) is 27.4. The number of hydrogen-bond acceptors (Lipinski definition) is 3. The number of rotatable bonds is 3. The topological polar surface area (TPSA) is 75.4 Å². The minimum Gasteiger partial charge on any atom is -0.399 e. The lowest BCUT2D eigenvalue weighted by atomic mass is 10.1. The van der Waals surface area contributed by atoms with Gasteiger partial charge in [0.25, 0.3) is 11.8 Å². The van der Waals surface area contributed by atoms with Crippen LogP contribution >= 0.6 is 0 Å². The van der Waals surface area contributed by atoms with E-state index < -0.39 is 0 Å². The standard InChI is InChI=1S/C24H23N3O2/c25-20-9-5-8-19(16-20)23(28)26-21-13-11-18(12-14-21)24(29)27-15-4-3-7-17-6-1-2-10-22(17)27/h1-2,5-6,8-14,16H,3-4,7,15,25H2,(H,26,28). The maximum absolute atomic E-state index is 13.1. The van der Waals surface area contributed by atoms with Gasteiger partial charge in [-0.1, -0.05) is 24.3 Å². The minimum atomic E-state index is -0.238. The number of fused-ring (bicyclic) bond motifs is 1. The van der Waals surface area contributed by atoms with Crippen LogP contribution in [0.4, 0.5) is 17.1 Å². The van der Waals surface area contributed by atoms with Crippen LogP contribution in [0.1, 0.15) is 39.1 Å². The molecule has 5 heteroatoms. The van der Waals surface area contributed by atoms with E-state index in [1.54, 1.807) is 48.5 Å². The van der Waals surface area contributed by atoms with Gasteiger partial charge in [-0.3, -0.25) is 9.59 Å². The maximum atomic E-state index is 13.1. The van der Waals surface area contributed by atoms with Crippen molar-refractivity contribution in [1.82, 2.24) is 0 Å². The Bertz CT molecular complexity index is 1040. The molecule has 1 heterocycles. The van der Waals surface area contributed by atoms with Gasteiger partial charge in [0.1, 0.15) is 0 Å². The van der Waals surface area contributed by atoms with Crippen molar-refractivity contribution in [3.63, 3.8) is 0 Å². The van der Waals surface area contributed by atoms with Crippen molar-refractivity contribution in [1.29, 1.82) is 0 Å². The lowest BCUT2D eigenvalue weighted by molar-refractivity contribution is 0.0985. The number of nitrogens with one attached hydrogen (secondary N) is 1. The molecule has 0 aromatic heterocycles. The van der Waals surface area contributed by atoms with Gasteiger partial charge in [-0.2, -0.15) is 0 Å². The number of amides is 2. The highest BCUT2D eigenvalue weighted by atomic mass is 16.2. The molecule has 146 valence electrons. The number of anilines is 3. The molecule has 3 N–H and O–H groups in total. The Hall–Kier alpha value is -3.60. The van der Waals surface area contributed by atoms with Crippen LogP contribution in [-0.2, 0) is 6.42 Å². The molecule has 5 nitrogen and oxygen atoms in total. The fourth-order valence-electron chi connectivity index (χ4n) is 3.64. The molecular weight excluding hydrogens is 362 g/mol. The van der Waals surface area contributed by atoms with Crippen LogP contribution in [0.25, 0.3) is 0 Å². The second-order valence-electron chi connectivity index (χ2n) is 7.20. The molecule has 3 aromatic rings. The molecule has 0 unspecified atom stereocenters. The predicted molar refractivity (Wildman–Crippen MR) is 116 cm³/mol. The predicted octanol–water partition coefficient (Wildman–Crippen LogP) is 4.50. The van der Waals surface area contributed by atoms with Gasteiger partial charge < -0.3 is 16.0 Å². The third-order valence-corrected chi connectivity index (χ3v) is 5.14. The number of aryl methyl sites for hydroxylation is 1. The maximum Gasteiger partial charge on any atom is 0.258 e. The highest BCUT2D eigenvalue weighted by Gasteiger charge is 2.22. The van der Waals surface area contributed by atoms with E-state index in [1.807, 2.05) is 23.1 Å². The SMILES string of the molecule is Nc1cccc(C(=O)Nc2ccc(C(=O)N3CCCCc4ccccc43)cc2)c1. The van der Waals surface area contributed by atoms with Gasteiger partial charge in [0.05, 0.1) is 0 Å². The largest absolute Gasteiger partial charge is 0.399 e. The van der Waals surface area contributed by atoms with E-state index in [0.29, 0.717) is 29.0 Å². The fraction of sp³-hybridized carbons (Fsp3) is 0.167. The number of benzene rings is 3. The molecule has 1 aliphatic rings. The molecule has 0 saturated carbocycles. The molecule has 2 amide bonds. The summed E-state index contributed by atoms with van der Waals surface area (Å²) in [6.07, 6.45) is 3.06. The molecule has 0 saturated heterocycles. The summed E-state index contributed by atoms with van der Waals surface area (Å²) in [7, 11) is 0. The second-order valence-corrected chi connectivity index (χ2v) is 7.20. The number of nitrogen functional groups attached to an aromatic ring is 1. The van der Waals surface area contributed by atoms with Crippen LogP contribution in [-0.4, -0.2) is 18.4 Å². The van der Waals surface area contributed by atoms with E-state index in [4.69, 9.17) is 5.73 Å². The molecule has 0 fully saturated rings. The average Bonchev–Trinajstić information content (AvgIpc) is 2.96. The van der Waals surface area contributed by atoms with Crippen molar-refractivity contribution < 1.29 is 9.59 Å². The lowest BCUT2D eigenvalue weighted by Gasteiger charge is -2.23. The van der Waals surface area contributed by atoms with Gasteiger partial charge in [-0.05, 0) is 73.4 Å². The third-order valence-electron chi connectivity index (χ3n) is 5.14. The van der Waals surface area contributed by atoms with Crippen LogP contribution < -0.4 is 16.0 Å². The van der Waals surface area contributed by atoms with Crippen LogP contribution in [0.3, 0.4) is 0 Å². The molecule has 0 atom stereocenters. The second kappa shape index (κ2) is 8.19. The first kappa shape index (κ1) is 18.7. The summed E-state index contributed by atoms with van der Waals surface area (Å²) < 4.78 is 0. The van der Waals surface area contributed by atoms with Crippen molar-refractivity contribution in [3.05, 3.63) is 89.5 Å². The molecule has 3 aromatic carbocycles. The van der Waals surface area contributed by atoms with Crippen molar-refractivity contribution in [3.8, 4) is 0 Å². The van der Waals surface area contributed by atoms with Crippen LogP contribution in [0, 0.1) is 0 Å². The Labute approximate surface area is 170 Å². The monoisotopic (exact) mass is 385 g/mol. The van der Waals surface area contributed by atoms with Crippen LogP contribution in [0.5, 0.6) is 0 Å². The van der Waals surface area contributed by atoms with Crippen LogP contribution in [0.2, 0.25) is 0 Å². The van der Waals surface area contributed by atoms with Crippen molar-refractivity contribution in [2.45, 2.75) is 19.3 Å². The van der Waals surface area contributed by atoms with E-state index in [2.05, 4.69) is 11.4 Å². The Morgan fingerprint density at radius 2 is 1.66 bits per heavy atom. The van der Waals surface area contributed by atoms with Gasteiger partial charge in [-0.15, -0.1) is 0 Å². The van der Waals surface area contributed by atoms with E-state index in [1.165, 1.54) is 5.56 Å². The zero-order valence-electron chi connectivity index (χ0n) is 16.1. The molecule has 0 aliphatic carbocycles. The zero-order chi connectivity index (χ0) is 20.2. The van der Waals surface area contributed by atoms with Crippen molar-refractivity contribution >= 4 is 28.9 Å². The minimum absolute atomic E-state index is 0.0203. The van der Waals surface area contributed by atoms with Crippen LogP contribution in [0.15, 0.2) is 72.8 Å². The number of para-hydroxylation sites is 1. The van der Waals surface area contributed by atoms with Gasteiger partial charge in [0.15, 0.2) is 0 Å². The van der Waals surface area contributed by atoms with E-state index >= 15 is 0 Å². The number of hydrogen-bond donors (Lipinski definition) is 2. The smallest absolute Gasteiger partial charge is 0.258 e. The molecule has 0 radical (unpaired) electrons. The summed E-state index contributed by atoms with van der Waals surface area (Å²) >= 11 is 0. The molecule has 0 bridgehead atoms.